The lowest BCUT2D eigenvalue weighted by molar-refractivity contribution is -0.148. The van der Waals surface area contributed by atoms with Crippen molar-refractivity contribution in [3.8, 4) is 0 Å². The molecule has 1 aromatic carbocycles. The van der Waals surface area contributed by atoms with Gasteiger partial charge in [-0.3, -0.25) is 14.6 Å². The largest absolute Gasteiger partial charge is 0.466 e. The molecule has 2 unspecified atom stereocenters. The zero-order chi connectivity index (χ0) is 18.9. The Bertz CT molecular complexity index is 833. The molecule has 0 aliphatic carbocycles. The molecule has 0 spiro atoms. The van der Waals surface area contributed by atoms with Gasteiger partial charge in [0.15, 0.2) is 3.79 Å². The maximum absolute atomic E-state index is 12.8. The number of hydrogen-bond acceptors (Lipinski definition) is 4. The highest BCUT2D eigenvalue weighted by Gasteiger charge is 2.51. The molecule has 2 aromatic rings. The minimum atomic E-state index is -1.55. The minimum absolute atomic E-state index is 0.0349. The molecule has 1 aliphatic heterocycles. The average molecular weight is 416 g/mol. The van der Waals surface area contributed by atoms with Crippen LogP contribution in [0.3, 0.4) is 0 Å². The average Bonchev–Trinajstić information content (AvgIpc) is 2.59. The molecule has 1 amide bonds. The number of alkyl halides is 3. The number of anilines is 1. The van der Waals surface area contributed by atoms with Crippen LogP contribution in [0, 0.1) is 5.92 Å². The monoisotopic (exact) mass is 414 g/mol. The lowest BCUT2D eigenvalue weighted by atomic mass is 9.82. The van der Waals surface area contributed by atoms with Gasteiger partial charge < -0.3 is 9.64 Å². The van der Waals surface area contributed by atoms with Crippen LogP contribution in [-0.4, -0.2) is 33.3 Å². The second-order valence-electron chi connectivity index (χ2n) is 6.06. The fourth-order valence-corrected chi connectivity index (χ4v) is 3.75. The molecule has 1 saturated heterocycles. The van der Waals surface area contributed by atoms with Crippen molar-refractivity contribution in [2.24, 2.45) is 5.92 Å². The van der Waals surface area contributed by atoms with Gasteiger partial charge in [-0.1, -0.05) is 53.0 Å². The van der Waals surface area contributed by atoms with E-state index in [0.29, 0.717) is 11.2 Å². The molecule has 0 radical (unpaired) electrons. The number of nitrogens with zero attached hydrogens (tertiary/aromatic N) is 2. The first-order valence-electron chi connectivity index (χ1n) is 8.21. The zero-order valence-electron chi connectivity index (χ0n) is 14.0. The number of fused-ring (bicyclic) bond motifs is 1. The van der Waals surface area contributed by atoms with E-state index in [1.165, 1.54) is 0 Å². The van der Waals surface area contributed by atoms with Gasteiger partial charge in [-0.15, -0.1) is 0 Å². The third kappa shape index (κ3) is 3.90. The normalized spacial score (nSPS) is 20.2. The highest BCUT2D eigenvalue weighted by molar-refractivity contribution is 6.67. The number of amides is 1. The Hall–Kier alpha value is -1.56. The number of ether oxygens (including phenoxy) is 1. The van der Waals surface area contributed by atoms with Crippen molar-refractivity contribution in [2.45, 2.75) is 29.6 Å². The van der Waals surface area contributed by atoms with Gasteiger partial charge in [0, 0.05) is 18.0 Å². The molecule has 138 valence electrons. The third-order valence-corrected chi connectivity index (χ3v) is 4.82. The molecule has 8 heteroatoms. The van der Waals surface area contributed by atoms with E-state index in [1.807, 2.05) is 24.3 Å². The number of pyridine rings is 1. The van der Waals surface area contributed by atoms with Crippen molar-refractivity contribution in [3.63, 3.8) is 0 Å². The molecule has 3 rings (SSSR count). The minimum Gasteiger partial charge on any atom is -0.466 e. The zero-order valence-corrected chi connectivity index (χ0v) is 16.3. The first kappa shape index (κ1) is 19.2. The van der Waals surface area contributed by atoms with Gasteiger partial charge in [-0.25, -0.2) is 0 Å². The van der Waals surface area contributed by atoms with Gasteiger partial charge in [-0.05, 0) is 19.1 Å². The van der Waals surface area contributed by atoms with E-state index in [-0.39, 0.29) is 25.4 Å². The summed E-state index contributed by atoms with van der Waals surface area (Å²) in [5.74, 6) is -1.21. The number of carbonyl (C=O) groups is 2. The summed E-state index contributed by atoms with van der Waals surface area (Å²) in [6, 6.07) is 8.88. The van der Waals surface area contributed by atoms with Crippen LogP contribution in [0.15, 0.2) is 36.5 Å². The Morgan fingerprint density at radius 2 is 2.00 bits per heavy atom. The molecule has 1 fully saturated rings. The molecule has 1 aliphatic rings. The predicted octanol–water partition coefficient (Wildman–Crippen LogP) is 4.28. The molecule has 0 saturated carbocycles. The van der Waals surface area contributed by atoms with Gasteiger partial charge in [0.05, 0.1) is 36.2 Å². The van der Waals surface area contributed by atoms with E-state index in [1.54, 1.807) is 24.1 Å². The van der Waals surface area contributed by atoms with E-state index >= 15 is 0 Å². The Morgan fingerprint density at radius 1 is 1.27 bits per heavy atom. The van der Waals surface area contributed by atoms with E-state index in [2.05, 4.69) is 4.98 Å². The van der Waals surface area contributed by atoms with Crippen molar-refractivity contribution in [3.05, 3.63) is 36.5 Å². The molecular weight excluding hydrogens is 399 g/mol. The van der Waals surface area contributed by atoms with Crippen LogP contribution in [-0.2, 0) is 14.3 Å². The van der Waals surface area contributed by atoms with Gasteiger partial charge in [0.25, 0.3) is 0 Å². The van der Waals surface area contributed by atoms with E-state index in [9.17, 15) is 9.59 Å². The highest BCUT2D eigenvalue weighted by Crippen LogP contribution is 2.44. The number of β-lactam (4-membered cyclic amide) rings is 1. The number of benzene rings is 1. The van der Waals surface area contributed by atoms with Crippen molar-refractivity contribution in [1.82, 2.24) is 4.98 Å². The predicted molar refractivity (Wildman–Crippen MR) is 103 cm³/mol. The van der Waals surface area contributed by atoms with E-state index < -0.39 is 21.7 Å². The second kappa shape index (κ2) is 7.59. The molecular formula is C18H17Cl3N2O3. The molecule has 0 bridgehead atoms. The van der Waals surface area contributed by atoms with Gasteiger partial charge in [0.2, 0.25) is 5.91 Å². The fraction of sp³-hybridized carbons (Fsp3) is 0.389. The van der Waals surface area contributed by atoms with E-state index in [4.69, 9.17) is 39.5 Å². The van der Waals surface area contributed by atoms with Crippen molar-refractivity contribution < 1.29 is 14.3 Å². The van der Waals surface area contributed by atoms with Gasteiger partial charge >= 0.3 is 5.97 Å². The SMILES string of the molecule is CCOC(=O)CC1C(=O)N(c2cccc3cccnc23)C1CC(Cl)(Cl)Cl. The Morgan fingerprint density at radius 3 is 2.69 bits per heavy atom. The number of hydrogen-bond donors (Lipinski definition) is 0. The summed E-state index contributed by atoms with van der Waals surface area (Å²) >= 11 is 18.0. The van der Waals surface area contributed by atoms with E-state index in [0.717, 1.165) is 5.39 Å². The third-order valence-electron chi connectivity index (χ3n) is 4.35. The summed E-state index contributed by atoms with van der Waals surface area (Å²) in [4.78, 5) is 30.6. The number of esters is 1. The molecule has 2 atom stereocenters. The van der Waals surface area contributed by atoms with Crippen LogP contribution in [0.5, 0.6) is 0 Å². The van der Waals surface area contributed by atoms with Crippen LogP contribution < -0.4 is 4.90 Å². The smallest absolute Gasteiger partial charge is 0.306 e. The summed E-state index contributed by atoms with van der Waals surface area (Å²) in [7, 11) is 0. The second-order valence-corrected chi connectivity index (χ2v) is 8.58. The summed E-state index contributed by atoms with van der Waals surface area (Å²) in [5.41, 5.74) is 1.33. The first-order chi connectivity index (χ1) is 12.3. The molecule has 1 aromatic heterocycles. The number of carbonyl (C=O) groups excluding carboxylic acids is 2. The molecule has 26 heavy (non-hydrogen) atoms. The lowest BCUT2D eigenvalue weighted by Gasteiger charge is -2.48. The highest BCUT2D eigenvalue weighted by atomic mass is 35.6. The maximum Gasteiger partial charge on any atom is 0.306 e. The lowest BCUT2D eigenvalue weighted by Crippen LogP contribution is -2.63. The standard InChI is InChI=1S/C18H17Cl3N2O3/c1-2-26-15(24)9-12-14(10-18(19,20)21)23(17(12)25)13-7-3-5-11-6-4-8-22-16(11)13/h3-8,12,14H,2,9-10H2,1H3. The quantitative estimate of drug-likeness (QED) is 0.415. The maximum atomic E-state index is 12.8. The van der Waals surface area contributed by atoms with Gasteiger partial charge in [0.1, 0.15) is 0 Å². The Labute approximate surface area is 166 Å². The van der Waals surface area contributed by atoms with Crippen LogP contribution in [0.25, 0.3) is 10.9 Å². The molecule has 5 nitrogen and oxygen atoms in total. The number of aromatic nitrogens is 1. The Balaban J connectivity index is 1.94. The number of para-hydroxylation sites is 1. The summed E-state index contributed by atoms with van der Waals surface area (Å²) in [6.45, 7) is 1.97. The first-order valence-corrected chi connectivity index (χ1v) is 9.34. The Kier molecular flexibility index (Phi) is 5.61. The number of halogens is 3. The summed E-state index contributed by atoms with van der Waals surface area (Å²) in [5, 5.41) is 0.902. The van der Waals surface area contributed by atoms with Gasteiger partial charge in [-0.2, -0.15) is 0 Å². The van der Waals surface area contributed by atoms with Crippen molar-refractivity contribution in [2.75, 3.05) is 11.5 Å². The number of rotatable bonds is 5. The molecule has 2 heterocycles. The molecule has 0 N–H and O–H groups in total. The summed E-state index contributed by atoms with van der Waals surface area (Å²) < 4.78 is 3.42. The van der Waals surface area contributed by atoms with Crippen molar-refractivity contribution >= 4 is 63.3 Å². The topological polar surface area (TPSA) is 59.5 Å². The van der Waals surface area contributed by atoms with Crippen molar-refractivity contribution in [1.29, 1.82) is 0 Å². The van der Waals surface area contributed by atoms with Crippen LogP contribution >= 0.6 is 34.8 Å². The van der Waals surface area contributed by atoms with Crippen LogP contribution in [0.1, 0.15) is 19.8 Å². The fourth-order valence-electron chi connectivity index (χ4n) is 3.28. The summed E-state index contributed by atoms with van der Waals surface area (Å²) in [6.07, 6.45) is 1.74. The van der Waals surface area contributed by atoms with Crippen LogP contribution in [0.4, 0.5) is 5.69 Å². The van der Waals surface area contributed by atoms with Crippen LogP contribution in [0.2, 0.25) is 0 Å².